The summed E-state index contributed by atoms with van der Waals surface area (Å²) in [6.07, 6.45) is 4.60. The van der Waals surface area contributed by atoms with Crippen LogP contribution in [0, 0.1) is 5.82 Å². The molecule has 0 radical (unpaired) electrons. The molecule has 1 fully saturated rings. The Labute approximate surface area is 169 Å². The molecule has 3 aromatic carbocycles. The molecule has 2 bridgehead atoms. The van der Waals surface area contributed by atoms with Gasteiger partial charge in [0.15, 0.2) is 0 Å². The number of ether oxygens (including phenoxy) is 1. The van der Waals surface area contributed by atoms with E-state index in [9.17, 15) is 9.18 Å². The molecule has 2 aliphatic rings. The summed E-state index contributed by atoms with van der Waals surface area (Å²) >= 11 is 0. The fourth-order valence-electron chi connectivity index (χ4n) is 4.65. The molecule has 0 spiro atoms. The first-order valence-corrected chi connectivity index (χ1v) is 10.1. The van der Waals surface area contributed by atoms with Gasteiger partial charge >= 0.3 is 6.09 Å². The Balaban J connectivity index is 1.39. The van der Waals surface area contributed by atoms with Crippen molar-refractivity contribution in [3.05, 3.63) is 89.8 Å². The van der Waals surface area contributed by atoms with Gasteiger partial charge in [0.2, 0.25) is 0 Å². The van der Waals surface area contributed by atoms with E-state index in [-0.39, 0.29) is 30.6 Å². The van der Waals surface area contributed by atoms with Crippen LogP contribution in [0.2, 0.25) is 0 Å². The van der Waals surface area contributed by atoms with Gasteiger partial charge in [0, 0.05) is 11.4 Å². The summed E-state index contributed by atoms with van der Waals surface area (Å²) < 4.78 is 19.8. The normalized spacial score (nSPS) is 20.6. The summed E-state index contributed by atoms with van der Waals surface area (Å²) in [6, 6.07) is 20.9. The Bertz CT molecular complexity index is 1090. The van der Waals surface area contributed by atoms with Gasteiger partial charge in [-0.15, -0.1) is 0 Å². The van der Waals surface area contributed by atoms with Crippen LogP contribution >= 0.6 is 0 Å². The van der Waals surface area contributed by atoms with Crippen molar-refractivity contribution in [1.29, 1.82) is 0 Å². The van der Waals surface area contributed by atoms with E-state index >= 15 is 0 Å². The van der Waals surface area contributed by atoms with E-state index in [2.05, 4.69) is 6.08 Å². The molecule has 0 aliphatic carbocycles. The average Bonchev–Trinajstić information content (AvgIpc) is 3.03. The van der Waals surface area contributed by atoms with Gasteiger partial charge in [-0.25, -0.2) is 9.18 Å². The molecule has 5 rings (SSSR count). The molecule has 3 nitrogen and oxygen atoms in total. The van der Waals surface area contributed by atoms with Crippen LogP contribution in [0.1, 0.15) is 30.4 Å². The molecule has 29 heavy (non-hydrogen) atoms. The zero-order valence-corrected chi connectivity index (χ0v) is 16.1. The summed E-state index contributed by atoms with van der Waals surface area (Å²) in [7, 11) is 0. The first-order chi connectivity index (χ1) is 14.2. The Morgan fingerprint density at radius 2 is 1.72 bits per heavy atom. The van der Waals surface area contributed by atoms with Crippen molar-refractivity contribution in [2.24, 2.45) is 0 Å². The highest BCUT2D eigenvalue weighted by Gasteiger charge is 2.40. The monoisotopic (exact) mass is 387 g/mol. The lowest BCUT2D eigenvalue weighted by molar-refractivity contribution is 0.0832. The van der Waals surface area contributed by atoms with Crippen molar-refractivity contribution in [2.45, 2.75) is 38.0 Å². The quantitative estimate of drug-likeness (QED) is 0.557. The largest absolute Gasteiger partial charge is 0.445 e. The van der Waals surface area contributed by atoms with Crippen LogP contribution in [0.15, 0.2) is 72.8 Å². The van der Waals surface area contributed by atoms with Gasteiger partial charge in [0.1, 0.15) is 12.4 Å². The van der Waals surface area contributed by atoms with Gasteiger partial charge in [-0.2, -0.15) is 0 Å². The average molecular weight is 387 g/mol. The number of hydrogen-bond donors (Lipinski definition) is 0. The van der Waals surface area contributed by atoms with Gasteiger partial charge < -0.3 is 4.74 Å². The fourth-order valence-corrected chi connectivity index (χ4v) is 4.65. The van der Waals surface area contributed by atoms with E-state index in [1.807, 2.05) is 65.6 Å². The molecule has 2 atom stereocenters. The molecule has 2 aliphatic heterocycles. The lowest BCUT2D eigenvalue weighted by Gasteiger charge is -2.33. The lowest BCUT2D eigenvalue weighted by atomic mass is 9.91. The van der Waals surface area contributed by atoms with Gasteiger partial charge in [-0.1, -0.05) is 66.7 Å². The number of carbonyl (C=O) groups excluding carboxylic acids is 1. The number of benzene rings is 3. The molecule has 2 heterocycles. The Kier molecular flexibility index (Phi) is 4.55. The van der Waals surface area contributed by atoms with Crippen molar-refractivity contribution in [2.75, 3.05) is 0 Å². The van der Waals surface area contributed by atoms with Crippen molar-refractivity contribution in [3.63, 3.8) is 0 Å². The number of amides is 1. The molecule has 1 saturated heterocycles. The predicted molar refractivity (Wildman–Crippen MR) is 112 cm³/mol. The minimum atomic E-state index is -0.249. The third kappa shape index (κ3) is 3.29. The van der Waals surface area contributed by atoms with Crippen molar-refractivity contribution < 1.29 is 13.9 Å². The molecular weight excluding hydrogens is 365 g/mol. The van der Waals surface area contributed by atoms with Gasteiger partial charge in [0.05, 0.1) is 6.04 Å². The molecule has 2 unspecified atom stereocenters. The summed E-state index contributed by atoms with van der Waals surface area (Å²) in [5.74, 6) is -0.199. The number of fused-ring (bicyclic) bond motifs is 3. The van der Waals surface area contributed by atoms with Crippen LogP contribution in [0.25, 0.3) is 16.3 Å². The predicted octanol–water partition coefficient (Wildman–Crippen LogP) is 5.94. The maximum absolute atomic E-state index is 14.2. The molecule has 146 valence electrons. The maximum Gasteiger partial charge on any atom is 0.410 e. The summed E-state index contributed by atoms with van der Waals surface area (Å²) in [4.78, 5) is 14.6. The molecule has 0 N–H and O–H groups in total. The second kappa shape index (κ2) is 7.36. The van der Waals surface area contributed by atoms with Crippen molar-refractivity contribution >= 4 is 22.4 Å². The Morgan fingerprint density at radius 3 is 2.52 bits per heavy atom. The Hall–Kier alpha value is -3.14. The lowest BCUT2D eigenvalue weighted by Crippen LogP contribution is -2.43. The first kappa shape index (κ1) is 17.9. The Morgan fingerprint density at radius 1 is 0.966 bits per heavy atom. The number of nitrogens with zero attached hydrogens (tertiary/aromatic N) is 1. The SMILES string of the molecule is O=C(OCc1ccccc1)N1C2C=C(c3ccc(F)c4ccccc34)CC1CC2. The third-order valence-corrected chi connectivity index (χ3v) is 6.03. The van der Waals surface area contributed by atoms with E-state index in [1.165, 1.54) is 5.57 Å². The smallest absolute Gasteiger partial charge is 0.410 e. The molecule has 0 aromatic heterocycles. The molecule has 0 saturated carbocycles. The molecule has 1 amide bonds. The van der Waals surface area contributed by atoms with Crippen LogP contribution in [-0.2, 0) is 11.3 Å². The highest BCUT2D eigenvalue weighted by Crippen LogP contribution is 2.41. The number of carbonyl (C=O) groups is 1. The van der Waals surface area contributed by atoms with E-state index in [0.29, 0.717) is 5.39 Å². The van der Waals surface area contributed by atoms with Crippen molar-refractivity contribution in [1.82, 2.24) is 4.90 Å². The van der Waals surface area contributed by atoms with Gasteiger partial charge in [0.25, 0.3) is 0 Å². The van der Waals surface area contributed by atoms with Crippen LogP contribution in [-0.4, -0.2) is 23.1 Å². The van der Waals surface area contributed by atoms with Crippen LogP contribution in [0.3, 0.4) is 0 Å². The van der Waals surface area contributed by atoms with E-state index in [0.717, 1.165) is 35.8 Å². The topological polar surface area (TPSA) is 29.5 Å². The number of halogens is 1. The molecular formula is C25H22FNO2. The first-order valence-electron chi connectivity index (χ1n) is 10.1. The summed E-state index contributed by atoms with van der Waals surface area (Å²) in [6.45, 7) is 0.286. The highest BCUT2D eigenvalue weighted by atomic mass is 19.1. The van der Waals surface area contributed by atoms with Crippen LogP contribution in [0.4, 0.5) is 9.18 Å². The molecule has 4 heteroatoms. The van der Waals surface area contributed by atoms with Crippen LogP contribution in [0.5, 0.6) is 0 Å². The third-order valence-electron chi connectivity index (χ3n) is 6.03. The van der Waals surface area contributed by atoms with E-state index in [4.69, 9.17) is 4.74 Å². The summed E-state index contributed by atoms with van der Waals surface area (Å²) in [5, 5.41) is 1.57. The minimum absolute atomic E-state index is 0.0378. The van der Waals surface area contributed by atoms with Gasteiger partial charge in [-0.3, -0.25) is 4.90 Å². The zero-order valence-electron chi connectivity index (χ0n) is 16.1. The fraction of sp³-hybridized carbons (Fsp3) is 0.240. The number of hydrogen-bond acceptors (Lipinski definition) is 2. The van der Waals surface area contributed by atoms with Crippen molar-refractivity contribution in [3.8, 4) is 0 Å². The minimum Gasteiger partial charge on any atom is -0.445 e. The van der Waals surface area contributed by atoms with E-state index in [1.54, 1.807) is 6.07 Å². The standard InChI is InChI=1S/C25H22FNO2/c26-24-13-12-21(22-8-4-5-9-23(22)24)18-14-19-10-11-20(15-18)27(19)25(28)29-16-17-6-2-1-3-7-17/h1-9,12-14,19-20H,10-11,15-16H2. The maximum atomic E-state index is 14.2. The van der Waals surface area contributed by atoms with Gasteiger partial charge in [-0.05, 0) is 47.4 Å². The zero-order chi connectivity index (χ0) is 19.8. The van der Waals surface area contributed by atoms with Crippen LogP contribution < -0.4 is 0 Å². The highest BCUT2D eigenvalue weighted by molar-refractivity contribution is 5.95. The second-order valence-electron chi connectivity index (χ2n) is 7.78. The number of rotatable bonds is 3. The second-order valence-corrected chi connectivity index (χ2v) is 7.78. The van der Waals surface area contributed by atoms with E-state index < -0.39 is 0 Å². The summed E-state index contributed by atoms with van der Waals surface area (Å²) in [5.41, 5.74) is 3.25. The molecule has 3 aromatic rings.